The average Bonchev–Trinajstić information content (AvgIpc) is 3.36. The summed E-state index contributed by atoms with van der Waals surface area (Å²) < 4.78 is 22.8. The van der Waals surface area contributed by atoms with Crippen LogP contribution in [-0.4, -0.2) is 99.7 Å². The Morgan fingerprint density at radius 3 is 2.63 bits per heavy atom. The number of ether oxygens (including phenoxy) is 4. The molecular weight excluding hydrogens is 484 g/mol. The fraction of sp³-hybridized carbons (Fsp3) is 0.500. The summed E-state index contributed by atoms with van der Waals surface area (Å²) in [4.78, 5) is 18.1. The van der Waals surface area contributed by atoms with E-state index in [2.05, 4.69) is 44.4 Å². The third-order valence-electron chi connectivity index (χ3n) is 7.60. The lowest BCUT2D eigenvalue weighted by molar-refractivity contribution is 0.0321. The van der Waals surface area contributed by atoms with Crippen molar-refractivity contribution in [2.24, 2.45) is 0 Å². The second kappa shape index (κ2) is 11.2. The number of nitrogens with one attached hydrogen (secondary N) is 2. The maximum absolute atomic E-state index is 6.33. The molecule has 202 valence electrons. The first-order valence-corrected chi connectivity index (χ1v) is 13.5. The number of aromatic amines is 1. The molecule has 6 rings (SSSR count). The van der Waals surface area contributed by atoms with Crippen molar-refractivity contribution in [3.05, 3.63) is 34.3 Å². The van der Waals surface area contributed by atoms with E-state index in [1.54, 1.807) is 14.2 Å². The van der Waals surface area contributed by atoms with Crippen molar-refractivity contribution in [1.29, 1.82) is 0 Å². The van der Waals surface area contributed by atoms with Gasteiger partial charge in [0.25, 0.3) is 0 Å². The quantitative estimate of drug-likeness (QED) is 0.448. The van der Waals surface area contributed by atoms with Crippen molar-refractivity contribution in [1.82, 2.24) is 25.2 Å². The minimum absolute atomic E-state index is 0.210. The van der Waals surface area contributed by atoms with Gasteiger partial charge in [-0.1, -0.05) is 18.2 Å². The normalized spacial score (nSPS) is 19.9. The number of hydrogen-bond acceptors (Lipinski definition) is 9. The summed E-state index contributed by atoms with van der Waals surface area (Å²) in [6.07, 6.45) is 5.43. The van der Waals surface area contributed by atoms with Gasteiger partial charge in [0.15, 0.2) is 11.5 Å². The number of H-pyrrole nitrogens is 1. The number of anilines is 1. The van der Waals surface area contributed by atoms with Crippen molar-refractivity contribution in [2.45, 2.75) is 12.3 Å². The number of nitrogens with zero attached hydrogens (tertiary/aromatic N) is 4. The van der Waals surface area contributed by atoms with Crippen molar-refractivity contribution in [3.63, 3.8) is 0 Å². The lowest BCUT2D eigenvalue weighted by Crippen LogP contribution is -2.44. The Bertz CT molecular complexity index is 1390. The van der Waals surface area contributed by atoms with Crippen LogP contribution in [0.4, 0.5) is 5.95 Å². The molecule has 0 amide bonds. The molecule has 0 radical (unpaired) electrons. The molecule has 2 fully saturated rings. The zero-order chi connectivity index (χ0) is 25.9. The largest absolute Gasteiger partial charge is 0.493 e. The van der Waals surface area contributed by atoms with Crippen LogP contribution in [0.3, 0.4) is 0 Å². The summed E-state index contributed by atoms with van der Waals surface area (Å²) in [7, 11) is 3.33. The van der Waals surface area contributed by atoms with E-state index in [1.807, 2.05) is 6.07 Å². The van der Waals surface area contributed by atoms with E-state index < -0.39 is 0 Å². The third kappa shape index (κ3) is 5.03. The molecule has 0 spiro atoms. The first-order chi connectivity index (χ1) is 18.7. The van der Waals surface area contributed by atoms with Crippen molar-refractivity contribution in [2.75, 3.05) is 84.8 Å². The number of rotatable bonds is 8. The van der Waals surface area contributed by atoms with Crippen LogP contribution in [-0.2, 0) is 4.74 Å². The van der Waals surface area contributed by atoms with Gasteiger partial charge in [-0.05, 0) is 24.1 Å². The molecule has 2 aromatic heterocycles. The van der Waals surface area contributed by atoms with E-state index in [1.165, 1.54) is 5.56 Å². The highest BCUT2D eigenvalue weighted by Crippen LogP contribution is 2.33. The standard InChI is InChI=1S/C28H36N6O4/c1-35-23-6-4-20(18-24(23)36-2)19-3-5-21-22(17-19)30-26-25(21)31-28(34-9-7-29-8-10-34)32-27(26)38-16-13-33-11-14-37-15-12-33/h4-6,17-19,29-30H,3,7-16H2,1-2H3. The summed E-state index contributed by atoms with van der Waals surface area (Å²) in [5.41, 5.74) is 2.96. The highest BCUT2D eigenvalue weighted by atomic mass is 16.5. The van der Waals surface area contributed by atoms with Gasteiger partial charge in [0, 0.05) is 62.3 Å². The van der Waals surface area contributed by atoms with Gasteiger partial charge in [0.1, 0.15) is 17.6 Å². The number of hydrogen-bond donors (Lipinski definition) is 2. The van der Waals surface area contributed by atoms with Crippen molar-refractivity contribution in [3.8, 4) is 17.4 Å². The number of benzene rings is 1. The Kier molecular flexibility index (Phi) is 7.35. The van der Waals surface area contributed by atoms with Crippen LogP contribution >= 0.6 is 0 Å². The highest BCUT2D eigenvalue weighted by molar-refractivity contribution is 5.83. The molecule has 1 aliphatic carbocycles. The zero-order valence-electron chi connectivity index (χ0n) is 22.2. The lowest BCUT2D eigenvalue weighted by Gasteiger charge is -2.28. The number of aromatic nitrogens is 3. The van der Waals surface area contributed by atoms with Crippen LogP contribution in [0.5, 0.6) is 17.4 Å². The van der Waals surface area contributed by atoms with Gasteiger partial charge in [0.05, 0.1) is 27.4 Å². The molecule has 4 heterocycles. The fourth-order valence-corrected chi connectivity index (χ4v) is 5.44. The minimum atomic E-state index is 0.210. The zero-order valence-corrected chi connectivity index (χ0v) is 22.2. The van der Waals surface area contributed by atoms with E-state index in [0.717, 1.165) is 104 Å². The Morgan fingerprint density at radius 1 is 1.03 bits per heavy atom. The van der Waals surface area contributed by atoms with Crippen LogP contribution in [0.15, 0.2) is 18.2 Å². The topological polar surface area (TPSA) is 97.0 Å². The predicted octanol–water partition coefficient (Wildman–Crippen LogP) is 0.844. The molecule has 2 N–H and O–H groups in total. The lowest BCUT2D eigenvalue weighted by atomic mass is 9.92. The van der Waals surface area contributed by atoms with Crippen LogP contribution < -0.4 is 35.0 Å². The molecule has 3 aromatic rings. The van der Waals surface area contributed by atoms with Gasteiger partial charge >= 0.3 is 0 Å². The van der Waals surface area contributed by atoms with E-state index in [-0.39, 0.29) is 5.92 Å². The second-order valence-electron chi connectivity index (χ2n) is 9.87. The third-order valence-corrected chi connectivity index (χ3v) is 7.60. The van der Waals surface area contributed by atoms with E-state index in [0.29, 0.717) is 12.5 Å². The first-order valence-electron chi connectivity index (χ1n) is 13.5. The van der Waals surface area contributed by atoms with Gasteiger partial charge in [-0.15, -0.1) is 0 Å². The second-order valence-corrected chi connectivity index (χ2v) is 9.87. The fourth-order valence-electron chi connectivity index (χ4n) is 5.44. The number of morpholine rings is 1. The Morgan fingerprint density at radius 2 is 1.84 bits per heavy atom. The molecule has 1 unspecified atom stereocenters. The highest BCUT2D eigenvalue weighted by Gasteiger charge is 2.22. The molecule has 38 heavy (non-hydrogen) atoms. The molecule has 0 bridgehead atoms. The Hall–Kier alpha value is -3.34. The molecule has 10 heteroatoms. The minimum Gasteiger partial charge on any atom is -0.493 e. The summed E-state index contributed by atoms with van der Waals surface area (Å²) >= 11 is 0. The molecular formula is C28H36N6O4. The molecule has 1 aromatic carbocycles. The molecule has 3 aliphatic rings. The first kappa shape index (κ1) is 25.0. The Balaban J connectivity index is 1.34. The van der Waals surface area contributed by atoms with Crippen molar-refractivity contribution < 1.29 is 18.9 Å². The van der Waals surface area contributed by atoms with E-state index in [4.69, 9.17) is 28.9 Å². The van der Waals surface area contributed by atoms with E-state index in [9.17, 15) is 0 Å². The maximum atomic E-state index is 6.33. The molecule has 1 atom stereocenters. The van der Waals surface area contributed by atoms with Gasteiger partial charge in [-0.3, -0.25) is 4.90 Å². The maximum Gasteiger partial charge on any atom is 0.243 e. The number of fused-ring (bicyclic) bond motifs is 3. The SMILES string of the molecule is COc1ccc(C2C=c3[nH]c4c(OCCN5CCOCC5)nc(N5CCNCC5)nc4c3=CC2)cc1OC. The molecule has 2 saturated heterocycles. The monoisotopic (exact) mass is 520 g/mol. The van der Waals surface area contributed by atoms with Crippen LogP contribution in [0, 0.1) is 0 Å². The summed E-state index contributed by atoms with van der Waals surface area (Å²) in [5, 5.41) is 5.58. The summed E-state index contributed by atoms with van der Waals surface area (Å²) in [6.45, 7) is 8.45. The Labute approximate surface area is 222 Å². The van der Waals surface area contributed by atoms with Crippen LogP contribution in [0.1, 0.15) is 17.9 Å². The number of piperazine rings is 1. The van der Waals surface area contributed by atoms with Crippen LogP contribution in [0.25, 0.3) is 23.2 Å². The number of methoxy groups -OCH3 is 2. The van der Waals surface area contributed by atoms with Gasteiger partial charge in [-0.2, -0.15) is 4.98 Å². The summed E-state index contributed by atoms with van der Waals surface area (Å²) in [5.74, 6) is 3.04. The van der Waals surface area contributed by atoms with Gasteiger partial charge in [0.2, 0.25) is 11.8 Å². The van der Waals surface area contributed by atoms with Gasteiger partial charge in [-0.25, -0.2) is 4.98 Å². The molecule has 2 aliphatic heterocycles. The molecule has 10 nitrogen and oxygen atoms in total. The van der Waals surface area contributed by atoms with Crippen LogP contribution in [0.2, 0.25) is 0 Å². The summed E-state index contributed by atoms with van der Waals surface area (Å²) in [6, 6.07) is 6.13. The smallest absolute Gasteiger partial charge is 0.243 e. The average molecular weight is 521 g/mol. The van der Waals surface area contributed by atoms with Crippen molar-refractivity contribution >= 4 is 29.1 Å². The molecule has 0 saturated carbocycles. The van der Waals surface area contributed by atoms with E-state index >= 15 is 0 Å². The van der Waals surface area contributed by atoms with Gasteiger partial charge < -0.3 is 34.1 Å². The predicted molar refractivity (Wildman–Crippen MR) is 147 cm³/mol.